The van der Waals surface area contributed by atoms with Gasteiger partial charge in [0.1, 0.15) is 5.75 Å². The predicted octanol–water partition coefficient (Wildman–Crippen LogP) is 2.67. The zero-order chi connectivity index (χ0) is 25.4. The molecule has 1 aliphatic rings. The molecular weight excluding hydrogens is 492 g/mol. The molecule has 0 spiro atoms. The number of rotatable bonds is 5. The molecule has 3 aromatic carbocycles. The number of ether oxygens (including phenoxy) is 1. The molecule has 2 atom stereocenters. The number of aliphatic carboxylic acids is 1. The van der Waals surface area contributed by atoms with Crippen LogP contribution in [0.5, 0.6) is 5.75 Å². The van der Waals surface area contributed by atoms with Crippen LogP contribution in [0.4, 0.5) is 0 Å². The third-order valence-corrected chi connectivity index (χ3v) is 7.54. The largest absolute Gasteiger partial charge is 0.497 e. The summed E-state index contributed by atoms with van der Waals surface area (Å²) in [6, 6.07) is 18.8. The molecule has 2 unspecified atom stereocenters. The van der Waals surface area contributed by atoms with Gasteiger partial charge in [0, 0.05) is 0 Å². The highest BCUT2D eigenvalue weighted by Crippen LogP contribution is 2.20. The van der Waals surface area contributed by atoms with Gasteiger partial charge in [0.05, 0.1) is 18.0 Å². The molecule has 0 aliphatic carbocycles. The predicted molar refractivity (Wildman–Crippen MR) is 130 cm³/mol. The molecule has 11 heteroatoms. The molecule has 0 amide bonds. The number of benzene rings is 3. The van der Waals surface area contributed by atoms with E-state index in [1.165, 1.54) is 18.2 Å². The van der Waals surface area contributed by atoms with Gasteiger partial charge >= 0.3 is 16.5 Å². The molecule has 184 valence electrons. The summed E-state index contributed by atoms with van der Waals surface area (Å²) in [6.07, 6.45) is 3.12. The van der Waals surface area contributed by atoms with Gasteiger partial charge in [0.15, 0.2) is 6.54 Å². The van der Waals surface area contributed by atoms with Gasteiger partial charge in [-0.1, -0.05) is 58.6 Å². The third-order valence-electron chi connectivity index (χ3n) is 5.29. The Morgan fingerprint density at radius 2 is 1.66 bits per heavy atom. The van der Waals surface area contributed by atoms with Crippen LogP contribution in [-0.4, -0.2) is 57.6 Å². The summed E-state index contributed by atoms with van der Waals surface area (Å²) in [6.45, 7) is -0.138. The Bertz CT molecular complexity index is 1460. The second-order valence-corrected chi connectivity index (χ2v) is 10.2. The molecular formula is C24H25N2O7S2+. The fourth-order valence-electron chi connectivity index (χ4n) is 3.58. The molecule has 0 fully saturated rings. The molecule has 1 aliphatic heterocycles. The Labute approximate surface area is 205 Å². The van der Waals surface area contributed by atoms with Gasteiger partial charge in [-0.2, -0.15) is 0 Å². The summed E-state index contributed by atoms with van der Waals surface area (Å²) in [4.78, 5) is 11.6. The van der Waals surface area contributed by atoms with Crippen LogP contribution in [0.15, 0.2) is 89.8 Å². The van der Waals surface area contributed by atoms with E-state index in [1.54, 1.807) is 31.4 Å². The molecule has 9 nitrogen and oxygen atoms in total. The Balaban J connectivity index is 0.000000363. The second-order valence-electron chi connectivity index (χ2n) is 7.56. The quantitative estimate of drug-likeness (QED) is 0.393. The van der Waals surface area contributed by atoms with E-state index in [-0.39, 0.29) is 17.9 Å². The van der Waals surface area contributed by atoms with Crippen molar-refractivity contribution in [2.45, 2.75) is 23.4 Å². The van der Waals surface area contributed by atoms with Crippen LogP contribution < -0.4 is 9.46 Å². The highest BCUT2D eigenvalue weighted by atomic mass is 32.2. The van der Waals surface area contributed by atoms with Crippen molar-refractivity contribution < 1.29 is 35.4 Å². The summed E-state index contributed by atoms with van der Waals surface area (Å²) >= 11 is 0. The number of nitrogens with zero attached hydrogens (tertiary/aromatic N) is 1. The lowest BCUT2D eigenvalue weighted by atomic mass is 10.1. The second kappa shape index (κ2) is 11.7. The Hall–Kier alpha value is -3.54. The van der Waals surface area contributed by atoms with Crippen LogP contribution in [0.1, 0.15) is 6.42 Å². The first kappa shape index (κ1) is 26.1. The first-order chi connectivity index (χ1) is 16.7. The molecule has 1 heterocycles. The number of carbonyl (C=O) groups is 1. The van der Waals surface area contributed by atoms with Gasteiger partial charge in [0.2, 0.25) is 10.0 Å². The van der Waals surface area contributed by atoms with E-state index in [0.717, 1.165) is 16.5 Å². The standard InChI is InChI=1S/C17H16N2O6S2.C7H8O/c20-17(21)16-15(7-3-4-10-19(16)26(22)23)18-27(24,25)14-9-8-12-5-1-2-6-13(12)11-14;1-8-7-5-3-2-4-6-7/h1-6,8-9,11,15-16,18H,7,10H2;2-6H,1H3/p+1. The lowest BCUT2D eigenvalue weighted by Crippen LogP contribution is -2.51. The number of methoxy groups -OCH3 is 1. The van der Waals surface area contributed by atoms with Crippen LogP contribution in [0.25, 0.3) is 10.8 Å². The fraction of sp³-hybridized carbons (Fsp3) is 0.208. The molecule has 0 bridgehead atoms. The first-order valence-corrected chi connectivity index (χ1v) is 13.1. The molecule has 0 saturated heterocycles. The molecule has 2 N–H and O–H groups in total. The van der Waals surface area contributed by atoms with Crippen LogP contribution in [0.3, 0.4) is 0 Å². The summed E-state index contributed by atoms with van der Waals surface area (Å²) in [5.41, 5.74) is 0. The number of sulfonamides is 1. The fourth-order valence-corrected chi connectivity index (χ4v) is 5.50. The van der Waals surface area contributed by atoms with E-state index in [0.29, 0.717) is 3.95 Å². The smallest absolute Gasteiger partial charge is 0.460 e. The third kappa shape index (κ3) is 6.75. The maximum absolute atomic E-state index is 12.8. The maximum Gasteiger partial charge on any atom is 0.460 e. The minimum absolute atomic E-state index is 0.0200. The van der Waals surface area contributed by atoms with Crippen LogP contribution in [0, 0.1) is 0 Å². The van der Waals surface area contributed by atoms with E-state index in [1.807, 2.05) is 42.5 Å². The summed E-state index contributed by atoms with van der Waals surface area (Å²) in [5.74, 6) is -0.512. The van der Waals surface area contributed by atoms with Crippen LogP contribution in [0.2, 0.25) is 0 Å². The first-order valence-electron chi connectivity index (χ1n) is 10.6. The summed E-state index contributed by atoms with van der Waals surface area (Å²) < 4.78 is 56.4. The van der Waals surface area contributed by atoms with E-state index >= 15 is 0 Å². The zero-order valence-electron chi connectivity index (χ0n) is 18.8. The Kier molecular flexibility index (Phi) is 8.74. The van der Waals surface area contributed by atoms with Gasteiger partial charge in [0.25, 0.3) is 6.04 Å². The van der Waals surface area contributed by atoms with Crippen molar-refractivity contribution in [1.29, 1.82) is 0 Å². The number of para-hydroxylation sites is 1. The van der Waals surface area contributed by atoms with Crippen molar-refractivity contribution in [1.82, 2.24) is 4.72 Å². The molecule has 35 heavy (non-hydrogen) atoms. The number of carboxylic acids is 1. The van der Waals surface area contributed by atoms with E-state index in [9.17, 15) is 26.7 Å². The lowest BCUT2D eigenvalue weighted by Gasteiger charge is -2.19. The van der Waals surface area contributed by atoms with Gasteiger partial charge in [-0.3, -0.25) is 0 Å². The SMILES string of the molecule is COc1ccccc1.O=C(O)C1C(NS(=O)(=O)c2ccc3ccccc3c2)CC=CC[N+]1=S(=O)=O. The van der Waals surface area contributed by atoms with Crippen LogP contribution in [-0.2, 0) is 25.3 Å². The zero-order valence-corrected chi connectivity index (χ0v) is 20.4. The number of hydrogen-bond donors (Lipinski definition) is 2. The highest BCUT2D eigenvalue weighted by Gasteiger charge is 2.42. The monoisotopic (exact) mass is 517 g/mol. The minimum atomic E-state index is -4.06. The van der Waals surface area contributed by atoms with E-state index in [4.69, 9.17) is 4.74 Å². The number of carboxylic acid groups (broad SMARTS) is 1. The molecule has 4 rings (SSSR count). The maximum atomic E-state index is 12.8. The summed E-state index contributed by atoms with van der Waals surface area (Å²) in [7, 11) is -5.21. The minimum Gasteiger partial charge on any atom is -0.497 e. The molecule has 0 saturated carbocycles. The Morgan fingerprint density at radius 3 is 2.26 bits per heavy atom. The number of hydrogen-bond acceptors (Lipinski definition) is 6. The van der Waals surface area contributed by atoms with Crippen molar-refractivity contribution in [2.75, 3.05) is 13.7 Å². The topological polar surface area (TPSA) is 130 Å². The van der Waals surface area contributed by atoms with Gasteiger partial charge in [-0.25, -0.2) is 17.9 Å². The van der Waals surface area contributed by atoms with Crippen molar-refractivity contribution >= 4 is 37.3 Å². The molecule has 3 aromatic rings. The van der Waals surface area contributed by atoms with Gasteiger partial charge in [-0.05, 0) is 47.5 Å². The average Bonchev–Trinajstić information content (AvgIpc) is 3.07. The molecule has 0 radical (unpaired) electrons. The summed E-state index contributed by atoms with van der Waals surface area (Å²) in [5, 5.41) is 11.1. The van der Waals surface area contributed by atoms with Gasteiger partial charge < -0.3 is 9.84 Å². The van der Waals surface area contributed by atoms with Gasteiger partial charge in [-0.15, -0.1) is 8.42 Å². The normalized spacial score (nSPS) is 17.7. The molecule has 0 aromatic heterocycles. The van der Waals surface area contributed by atoms with Crippen LogP contribution >= 0.6 is 0 Å². The van der Waals surface area contributed by atoms with Crippen molar-refractivity contribution in [3.63, 3.8) is 0 Å². The average molecular weight is 518 g/mol. The highest BCUT2D eigenvalue weighted by molar-refractivity contribution is 7.89. The van der Waals surface area contributed by atoms with Crippen molar-refractivity contribution in [2.24, 2.45) is 0 Å². The van der Waals surface area contributed by atoms with Crippen molar-refractivity contribution in [3.8, 4) is 5.75 Å². The lowest BCUT2D eigenvalue weighted by molar-refractivity contribution is -0.524. The Morgan fingerprint density at radius 1 is 1.00 bits per heavy atom. The van der Waals surface area contributed by atoms with E-state index in [2.05, 4.69) is 4.72 Å². The van der Waals surface area contributed by atoms with Crippen molar-refractivity contribution in [3.05, 3.63) is 84.9 Å². The van der Waals surface area contributed by atoms with E-state index < -0.39 is 38.6 Å². The number of nitrogens with one attached hydrogen (secondary N) is 1. The number of fused-ring (bicyclic) bond motifs is 1.